The van der Waals surface area contributed by atoms with E-state index in [1.54, 1.807) is 41.2 Å². The van der Waals surface area contributed by atoms with Crippen molar-refractivity contribution < 1.29 is 9.90 Å². The Kier molecular flexibility index (Phi) is 4.70. The molecule has 21 heavy (non-hydrogen) atoms. The van der Waals surface area contributed by atoms with E-state index < -0.39 is 6.10 Å². The third-order valence-electron chi connectivity index (χ3n) is 3.18. The van der Waals surface area contributed by atoms with Crippen LogP contribution in [0.1, 0.15) is 31.1 Å². The first-order chi connectivity index (χ1) is 9.99. The molecule has 0 radical (unpaired) electrons. The number of hydrogen-bond donors (Lipinski definition) is 1. The van der Waals surface area contributed by atoms with E-state index in [1.807, 2.05) is 26.0 Å². The van der Waals surface area contributed by atoms with Gasteiger partial charge in [-0.05, 0) is 45.0 Å². The van der Waals surface area contributed by atoms with Crippen molar-refractivity contribution in [2.75, 3.05) is 6.54 Å². The van der Waals surface area contributed by atoms with Crippen molar-refractivity contribution in [1.82, 2.24) is 19.7 Å². The van der Waals surface area contributed by atoms with Crippen LogP contribution in [0.5, 0.6) is 0 Å². The van der Waals surface area contributed by atoms with Crippen molar-refractivity contribution in [2.45, 2.75) is 32.9 Å². The van der Waals surface area contributed by atoms with Crippen molar-refractivity contribution in [3.8, 4) is 5.69 Å². The number of nitrogens with zero attached hydrogens (tertiary/aromatic N) is 4. The lowest BCUT2D eigenvalue weighted by atomic mass is 10.1. The summed E-state index contributed by atoms with van der Waals surface area (Å²) in [6.07, 6.45) is 2.66. The topological polar surface area (TPSA) is 71.2 Å². The van der Waals surface area contributed by atoms with Crippen LogP contribution >= 0.6 is 0 Å². The summed E-state index contributed by atoms with van der Waals surface area (Å²) in [5.41, 5.74) is 1.49. The van der Waals surface area contributed by atoms with E-state index in [1.165, 1.54) is 0 Å². The van der Waals surface area contributed by atoms with Gasteiger partial charge in [0.2, 0.25) is 0 Å². The summed E-state index contributed by atoms with van der Waals surface area (Å²) < 4.78 is 1.77. The maximum Gasteiger partial charge on any atom is 0.254 e. The number of aliphatic hydroxyl groups is 1. The maximum absolute atomic E-state index is 12.5. The molecule has 1 atom stereocenters. The summed E-state index contributed by atoms with van der Waals surface area (Å²) in [7, 11) is 0. The van der Waals surface area contributed by atoms with Crippen molar-refractivity contribution in [2.24, 2.45) is 0 Å². The standard InChI is InChI=1S/C15H20N4O2/c1-11(2)19(8-12(3)20)15(21)13-4-6-14(7-5-13)18-9-16-17-10-18/h4-7,9-12,20H,8H2,1-3H3. The lowest BCUT2D eigenvalue weighted by Gasteiger charge is -2.28. The van der Waals surface area contributed by atoms with E-state index >= 15 is 0 Å². The van der Waals surface area contributed by atoms with Crippen molar-refractivity contribution >= 4 is 5.91 Å². The minimum atomic E-state index is -0.548. The normalized spacial score (nSPS) is 12.4. The van der Waals surface area contributed by atoms with Gasteiger partial charge in [-0.3, -0.25) is 9.36 Å². The molecule has 0 aliphatic heterocycles. The van der Waals surface area contributed by atoms with Gasteiger partial charge in [0.25, 0.3) is 5.91 Å². The Morgan fingerprint density at radius 3 is 2.24 bits per heavy atom. The Hall–Kier alpha value is -2.21. The van der Waals surface area contributed by atoms with Gasteiger partial charge in [-0.1, -0.05) is 0 Å². The highest BCUT2D eigenvalue weighted by molar-refractivity contribution is 5.94. The predicted octanol–water partition coefficient (Wildman–Crippen LogP) is 1.50. The van der Waals surface area contributed by atoms with Crippen LogP contribution in [0, 0.1) is 0 Å². The zero-order chi connectivity index (χ0) is 15.4. The van der Waals surface area contributed by atoms with Gasteiger partial charge in [0, 0.05) is 23.8 Å². The van der Waals surface area contributed by atoms with Crippen molar-refractivity contribution in [3.63, 3.8) is 0 Å². The smallest absolute Gasteiger partial charge is 0.254 e. The molecule has 6 nitrogen and oxygen atoms in total. The number of aromatic nitrogens is 3. The number of rotatable bonds is 5. The van der Waals surface area contributed by atoms with Gasteiger partial charge in [0.1, 0.15) is 12.7 Å². The Bertz CT molecular complexity index is 576. The fraction of sp³-hybridized carbons (Fsp3) is 0.400. The summed E-state index contributed by atoms with van der Waals surface area (Å²) in [6.45, 7) is 5.87. The largest absolute Gasteiger partial charge is 0.392 e. The molecule has 6 heteroatoms. The molecule has 0 saturated heterocycles. The molecular formula is C15H20N4O2. The Morgan fingerprint density at radius 2 is 1.76 bits per heavy atom. The van der Waals surface area contributed by atoms with Crippen LogP contribution in [0.3, 0.4) is 0 Å². The molecule has 0 saturated carbocycles. The third kappa shape index (κ3) is 3.66. The number of carbonyl (C=O) groups excluding carboxylic acids is 1. The fourth-order valence-corrected chi connectivity index (χ4v) is 2.09. The molecule has 1 aromatic carbocycles. The summed E-state index contributed by atoms with van der Waals surface area (Å²) in [5, 5.41) is 17.0. The SMILES string of the molecule is CC(O)CN(C(=O)c1ccc(-n2cnnc2)cc1)C(C)C. The van der Waals surface area contributed by atoms with Crippen molar-refractivity contribution in [3.05, 3.63) is 42.5 Å². The van der Waals surface area contributed by atoms with E-state index in [-0.39, 0.29) is 11.9 Å². The molecule has 112 valence electrons. The van der Waals surface area contributed by atoms with Gasteiger partial charge in [-0.15, -0.1) is 10.2 Å². The third-order valence-corrected chi connectivity index (χ3v) is 3.18. The van der Waals surface area contributed by atoms with Crippen LogP contribution in [0.15, 0.2) is 36.9 Å². The Morgan fingerprint density at radius 1 is 1.19 bits per heavy atom. The second-order valence-electron chi connectivity index (χ2n) is 5.32. The quantitative estimate of drug-likeness (QED) is 0.905. The highest BCUT2D eigenvalue weighted by atomic mass is 16.3. The van der Waals surface area contributed by atoms with E-state index in [4.69, 9.17) is 0 Å². The first kappa shape index (κ1) is 15.2. The molecule has 2 rings (SSSR count). The van der Waals surface area contributed by atoms with Gasteiger partial charge in [0.05, 0.1) is 6.10 Å². The molecule has 1 amide bonds. The van der Waals surface area contributed by atoms with Crippen LogP contribution in [0.4, 0.5) is 0 Å². The first-order valence-electron chi connectivity index (χ1n) is 6.93. The predicted molar refractivity (Wildman–Crippen MR) is 79.2 cm³/mol. The molecular weight excluding hydrogens is 268 g/mol. The molecule has 1 unspecified atom stereocenters. The number of amides is 1. The van der Waals surface area contributed by atoms with Crippen molar-refractivity contribution in [1.29, 1.82) is 0 Å². The van der Waals surface area contributed by atoms with E-state index in [0.717, 1.165) is 5.69 Å². The van der Waals surface area contributed by atoms with Gasteiger partial charge < -0.3 is 10.0 Å². The average Bonchev–Trinajstić information content (AvgIpc) is 2.98. The zero-order valence-electron chi connectivity index (χ0n) is 12.5. The molecule has 1 heterocycles. The zero-order valence-corrected chi connectivity index (χ0v) is 12.5. The van der Waals surface area contributed by atoms with Crippen LogP contribution in [-0.4, -0.2) is 49.4 Å². The molecule has 0 fully saturated rings. The van der Waals surface area contributed by atoms with Crippen LogP contribution in [-0.2, 0) is 0 Å². The van der Waals surface area contributed by atoms with E-state index in [0.29, 0.717) is 12.1 Å². The number of aliphatic hydroxyl groups excluding tert-OH is 1. The summed E-state index contributed by atoms with van der Waals surface area (Å²) >= 11 is 0. The number of benzene rings is 1. The van der Waals surface area contributed by atoms with Gasteiger partial charge >= 0.3 is 0 Å². The van der Waals surface area contributed by atoms with Crippen LogP contribution in [0.25, 0.3) is 5.69 Å². The van der Waals surface area contributed by atoms with Gasteiger partial charge in [-0.25, -0.2) is 0 Å². The first-order valence-corrected chi connectivity index (χ1v) is 6.93. The second kappa shape index (κ2) is 6.49. The monoisotopic (exact) mass is 288 g/mol. The second-order valence-corrected chi connectivity index (χ2v) is 5.32. The highest BCUT2D eigenvalue weighted by Crippen LogP contribution is 2.13. The minimum absolute atomic E-state index is 0.0321. The molecule has 0 bridgehead atoms. The molecule has 0 spiro atoms. The molecule has 0 aliphatic rings. The number of carbonyl (C=O) groups is 1. The lowest BCUT2D eigenvalue weighted by Crippen LogP contribution is -2.41. The Balaban J connectivity index is 2.18. The van der Waals surface area contributed by atoms with Gasteiger partial charge in [-0.2, -0.15) is 0 Å². The maximum atomic E-state index is 12.5. The molecule has 2 aromatic rings. The average molecular weight is 288 g/mol. The van der Waals surface area contributed by atoms with Crippen LogP contribution in [0.2, 0.25) is 0 Å². The highest BCUT2D eigenvalue weighted by Gasteiger charge is 2.20. The minimum Gasteiger partial charge on any atom is -0.392 e. The molecule has 1 aromatic heterocycles. The summed E-state index contributed by atoms with van der Waals surface area (Å²) in [6, 6.07) is 7.27. The summed E-state index contributed by atoms with van der Waals surface area (Å²) in [5.74, 6) is -0.0822. The summed E-state index contributed by atoms with van der Waals surface area (Å²) in [4.78, 5) is 14.2. The number of hydrogen-bond acceptors (Lipinski definition) is 4. The Labute approximate surface area is 124 Å². The van der Waals surface area contributed by atoms with E-state index in [2.05, 4.69) is 10.2 Å². The molecule has 1 N–H and O–H groups in total. The van der Waals surface area contributed by atoms with Gasteiger partial charge in [0.15, 0.2) is 0 Å². The van der Waals surface area contributed by atoms with E-state index in [9.17, 15) is 9.90 Å². The molecule has 0 aliphatic carbocycles. The lowest BCUT2D eigenvalue weighted by molar-refractivity contribution is 0.0579. The fourth-order valence-electron chi connectivity index (χ4n) is 2.09. The van der Waals surface area contributed by atoms with Crippen LogP contribution < -0.4 is 0 Å².